The standard InChI is InChI=1S/C15H21NO3/c1-10-2-3-11(4-10)7-16-8-12-5-14-15(6-13(12)17)19-9-18-14/h5-6,10-11,16-17H,2-4,7-9H2,1H3. The van der Waals surface area contributed by atoms with Gasteiger partial charge in [-0.15, -0.1) is 0 Å². The van der Waals surface area contributed by atoms with Gasteiger partial charge >= 0.3 is 0 Å². The predicted octanol–water partition coefficient (Wildman–Crippen LogP) is 2.65. The normalized spacial score (nSPS) is 24.9. The number of hydrogen-bond donors (Lipinski definition) is 2. The topological polar surface area (TPSA) is 50.7 Å². The first-order chi connectivity index (χ1) is 9.22. The van der Waals surface area contributed by atoms with Crippen molar-refractivity contribution in [3.63, 3.8) is 0 Å². The zero-order chi connectivity index (χ0) is 13.2. The van der Waals surface area contributed by atoms with Gasteiger partial charge in [0, 0.05) is 18.2 Å². The van der Waals surface area contributed by atoms with E-state index in [-0.39, 0.29) is 12.5 Å². The second-order valence-corrected chi connectivity index (χ2v) is 5.75. The van der Waals surface area contributed by atoms with E-state index in [0.717, 1.165) is 29.7 Å². The minimum Gasteiger partial charge on any atom is -0.507 e. The molecule has 0 radical (unpaired) electrons. The minimum atomic E-state index is 0.242. The molecule has 2 atom stereocenters. The van der Waals surface area contributed by atoms with E-state index in [4.69, 9.17) is 9.47 Å². The Morgan fingerprint density at radius 1 is 1.26 bits per heavy atom. The predicted molar refractivity (Wildman–Crippen MR) is 72.4 cm³/mol. The van der Waals surface area contributed by atoms with Gasteiger partial charge in [0.05, 0.1) is 0 Å². The summed E-state index contributed by atoms with van der Waals surface area (Å²) in [5.74, 6) is 3.28. The number of rotatable bonds is 4. The molecule has 2 aliphatic rings. The first-order valence-corrected chi connectivity index (χ1v) is 7.04. The maximum Gasteiger partial charge on any atom is 0.231 e. The van der Waals surface area contributed by atoms with Gasteiger partial charge in [-0.2, -0.15) is 0 Å². The van der Waals surface area contributed by atoms with Crippen LogP contribution in [0.1, 0.15) is 31.7 Å². The molecule has 4 heteroatoms. The Morgan fingerprint density at radius 2 is 2.05 bits per heavy atom. The second-order valence-electron chi connectivity index (χ2n) is 5.75. The van der Waals surface area contributed by atoms with Gasteiger partial charge < -0.3 is 19.9 Å². The van der Waals surface area contributed by atoms with Crippen LogP contribution in [0.3, 0.4) is 0 Å². The molecule has 1 heterocycles. The lowest BCUT2D eigenvalue weighted by Crippen LogP contribution is -2.21. The fourth-order valence-electron chi connectivity index (χ4n) is 3.04. The Bertz CT molecular complexity index is 461. The summed E-state index contributed by atoms with van der Waals surface area (Å²) in [6, 6.07) is 3.50. The van der Waals surface area contributed by atoms with Crippen molar-refractivity contribution in [2.75, 3.05) is 13.3 Å². The molecular weight excluding hydrogens is 242 g/mol. The molecule has 1 aliphatic carbocycles. The molecule has 1 aromatic carbocycles. The van der Waals surface area contributed by atoms with E-state index in [0.29, 0.717) is 12.3 Å². The number of hydrogen-bond acceptors (Lipinski definition) is 4. The maximum atomic E-state index is 9.93. The van der Waals surface area contributed by atoms with Crippen LogP contribution in [0.4, 0.5) is 0 Å². The molecule has 3 rings (SSSR count). The average Bonchev–Trinajstić information content (AvgIpc) is 2.98. The highest BCUT2D eigenvalue weighted by Crippen LogP contribution is 2.37. The van der Waals surface area contributed by atoms with Crippen molar-refractivity contribution >= 4 is 0 Å². The molecule has 0 amide bonds. The van der Waals surface area contributed by atoms with E-state index in [1.165, 1.54) is 19.3 Å². The molecule has 1 fully saturated rings. The lowest BCUT2D eigenvalue weighted by molar-refractivity contribution is 0.174. The summed E-state index contributed by atoms with van der Waals surface area (Å²) in [6.07, 6.45) is 3.99. The Kier molecular flexibility index (Phi) is 3.51. The summed E-state index contributed by atoms with van der Waals surface area (Å²) < 4.78 is 10.6. The molecule has 1 aromatic rings. The van der Waals surface area contributed by atoms with Gasteiger partial charge in [0.25, 0.3) is 0 Å². The average molecular weight is 263 g/mol. The lowest BCUT2D eigenvalue weighted by Gasteiger charge is -2.12. The maximum absolute atomic E-state index is 9.93. The van der Waals surface area contributed by atoms with Gasteiger partial charge in [0.15, 0.2) is 11.5 Å². The first kappa shape index (κ1) is 12.6. The van der Waals surface area contributed by atoms with Crippen molar-refractivity contribution in [1.29, 1.82) is 0 Å². The van der Waals surface area contributed by atoms with Crippen LogP contribution in [-0.2, 0) is 6.54 Å². The highest BCUT2D eigenvalue weighted by molar-refractivity contribution is 5.51. The van der Waals surface area contributed by atoms with Crippen molar-refractivity contribution in [3.8, 4) is 17.2 Å². The number of fused-ring (bicyclic) bond motifs is 1. The lowest BCUT2D eigenvalue weighted by atomic mass is 10.1. The van der Waals surface area contributed by atoms with Crippen LogP contribution in [0.2, 0.25) is 0 Å². The minimum absolute atomic E-state index is 0.242. The van der Waals surface area contributed by atoms with Crippen molar-refractivity contribution in [3.05, 3.63) is 17.7 Å². The molecule has 4 nitrogen and oxygen atoms in total. The van der Waals surface area contributed by atoms with Gasteiger partial charge in [-0.25, -0.2) is 0 Å². The summed E-state index contributed by atoms with van der Waals surface area (Å²) >= 11 is 0. The number of aromatic hydroxyl groups is 1. The number of ether oxygens (including phenoxy) is 2. The molecule has 19 heavy (non-hydrogen) atoms. The molecule has 1 aliphatic heterocycles. The third-order valence-corrected chi connectivity index (χ3v) is 4.13. The van der Waals surface area contributed by atoms with Crippen LogP contribution in [-0.4, -0.2) is 18.4 Å². The second kappa shape index (κ2) is 5.29. The number of benzene rings is 1. The molecule has 0 bridgehead atoms. The summed E-state index contributed by atoms with van der Waals surface area (Å²) in [5, 5.41) is 13.4. The molecule has 1 saturated carbocycles. The van der Waals surface area contributed by atoms with E-state index in [1.54, 1.807) is 6.07 Å². The van der Waals surface area contributed by atoms with Gasteiger partial charge in [0.2, 0.25) is 6.79 Å². The fraction of sp³-hybridized carbons (Fsp3) is 0.600. The monoisotopic (exact) mass is 263 g/mol. The van der Waals surface area contributed by atoms with E-state index in [9.17, 15) is 5.11 Å². The van der Waals surface area contributed by atoms with Gasteiger partial charge in [-0.3, -0.25) is 0 Å². The van der Waals surface area contributed by atoms with Gasteiger partial charge in [-0.05, 0) is 37.3 Å². The van der Waals surface area contributed by atoms with Crippen LogP contribution < -0.4 is 14.8 Å². The Balaban J connectivity index is 1.55. The fourth-order valence-corrected chi connectivity index (χ4v) is 3.04. The highest BCUT2D eigenvalue weighted by atomic mass is 16.7. The summed E-state index contributed by atoms with van der Waals surface area (Å²) in [4.78, 5) is 0. The smallest absolute Gasteiger partial charge is 0.231 e. The third-order valence-electron chi connectivity index (χ3n) is 4.13. The number of phenols is 1. The van der Waals surface area contributed by atoms with Crippen LogP contribution >= 0.6 is 0 Å². The van der Waals surface area contributed by atoms with Crippen LogP contribution in [0.5, 0.6) is 17.2 Å². The van der Waals surface area contributed by atoms with Crippen molar-refractivity contribution < 1.29 is 14.6 Å². The molecule has 0 aromatic heterocycles. The highest BCUT2D eigenvalue weighted by Gasteiger charge is 2.21. The Hall–Kier alpha value is -1.42. The molecule has 2 unspecified atom stereocenters. The quantitative estimate of drug-likeness (QED) is 0.877. The molecule has 0 saturated heterocycles. The van der Waals surface area contributed by atoms with Crippen LogP contribution in [0.25, 0.3) is 0 Å². The molecule has 0 spiro atoms. The van der Waals surface area contributed by atoms with Crippen LogP contribution in [0, 0.1) is 11.8 Å². The zero-order valence-electron chi connectivity index (χ0n) is 11.3. The van der Waals surface area contributed by atoms with Crippen molar-refractivity contribution in [1.82, 2.24) is 5.32 Å². The van der Waals surface area contributed by atoms with Crippen molar-refractivity contribution in [2.24, 2.45) is 11.8 Å². The number of nitrogens with one attached hydrogen (secondary N) is 1. The van der Waals surface area contributed by atoms with Crippen molar-refractivity contribution in [2.45, 2.75) is 32.7 Å². The summed E-state index contributed by atoms with van der Waals surface area (Å²) in [5.41, 5.74) is 0.871. The third kappa shape index (κ3) is 2.78. The van der Waals surface area contributed by atoms with Gasteiger partial charge in [0.1, 0.15) is 5.75 Å². The summed E-state index contributed by atoms with van der Waals surface area (Å²) in [6.45, 7) is 4.26. The molecule has 2 N–H and O–H groups in total. The van der Waals surface area contributed by atoms with Gasteiger partial charge in [-0.1, -0.05) is 13.3 Å². The summed E-state index contributed by atoms with van der Waals surface area (Å²) in [7, 11) is 0. The zero-order valence-corrected chi connectivity index (χ0v) is 11.3. The SMILES string of the molecule is CC1CCC(CNCc2cc3c(cc2O)OCO3)C1. The Morgan fingerprint density at radius 3 is 2.79 bits per heavy atom. The van der Waals surface area contributed by atoms with Crippen LogP contribution in [0.15, 0.2) is 12.1 Å². The largest absolute Gasteiger partial charge is 0.507 e. The first-order valence-electron chi connectivity index (χ1n) is 7.04. The Labute approximate surface area is 113 Å². The molecule has 104 valence electrons. The van der Waals surface area contributed by atoms with E-state index >= 15 is 0 Å². The van der Waals surface area contributed by atoms with E-state index < -0.39 is 0 Å². The van der Waals surface area contributed by atoms with E-state index in [2.05, 4.69) is 12.2 Å². The number of phenolic OH excluding ortho intramolecular Hbond substituents is 1. The molecular formula is C15H21NO3. The van der Waals surface area contributed by atoms with E-state index in [1.807, 2.05) is 6.07 Å².